The van der Waals surface area contributed by atoms with Crippen molar-refractivity contribution in [3.05, 3.63) is 268 Å². The van der Waals surface area contributed by atoms with Gasteiger partial charge in [-0.25, -0.2) is 75.0 Å². The first-order chi connectivity index (χ1) is 70.5. The van der Waals surface area contributed by atoms with Gasteiger partial charge in [-0.3, -0.25) is 24.0 Å². The molecule has 0 spiro atoms. The number of fused-ring (bicyclic) bond motifs is 4. The van der Waals surface area contributed by atoms with Gasteiger partial charge in [-0.1, -0.05) is 12.1 Å². The summed E-state index contributed by atoms with van der Waals surface area (Å²) in [6.07, 6.45) is 4.74. The molecule has 3 fully saturated rings. The molecule has 3 aliphatic rings. The summed E-state index contributed by atoms with van der Waals surface area (Å²) in [4.78, 5) is 123. The van der Waals surface area contributed by atoms with E-state index in [2.05, 4.69) is 113 Å². The van der Waals surface area contributed by atoms with Crippen LogP contribution in [0.5, 0.6) is 46.5 Å². The van der Waals surface area contributed by atoms with Gasteiger partial charge in [0.15, 0.2) is 92.8 Å². The summed E-state index contributed by atoms with van der Waals surface area (Å²) in [6.45, 7) is 16.4. The highest BCUT2D eigenvalue weighted by Gasteiger charge is 2.33. The smallest absolute Gasteiger partial charge is 0.262 e. The number of anilines is 11. The fourth-order valence-electron chi connectivity index (χ4n) is 16.3. The predicted octanol–water partition coefficient (Wildman–Crippen LogP) is 17.9. The molecule has 9 N–H and O–H groups in total. The number of halogens is 8. The van der Waals surface area contributed by atoms with Crippen molar-refractivity contribution < 1.29 is 87.5 Å². The number of H-pyrrole nitrogens is 4. The standard InChI is InChI=1S/C27H29F2N7O2.2C26H26F2N6O3.C24H22F2N6O3/c1-16-12-19-23(29)21(14-20(28)24(19)32-16)38-26-22(27(37)34(2)3)25(30-15-31-26)33-17-6-5-7-18(13-17)36-10-8-35(4)9-11-36;1-15-12-18-22(28)20(13-19(27)23(18)31-15)37-25-21(26(35)33(2)3)24(29-14-30-25)32-16-4-6-17(7-5-16)34-8-10-36-11-9-34;1-15-11-18-22(28)20(13-19(27)23(18)31-15)37-25-21(26(35)33(2)3)24(29-14-30-25)32-16-5-4-6-17(12-16)34-7-9-36-10-8-34;1-12-9-15-19(26)17(10-16(25)20(15)30-12)35-23-18(24(34)32(3)4)21(28-11-29-23)31-14-7-5-13(6-8-14)22(33)27-2/h5-7,12-15,32H,8-11H2,1-4H3,(H,30,31,33);4-7,12-14,31H,8-11H2,1-3H3,(H,29,30,32);4-6,11-14,31H,7-10H2,1-3H3,(H,29,30,32);5-11,30H,1-4H3,(H,27,33)(H,28,29,31). The molecule has 11 heterocycles. The van der Waals surface area contributed by atoms with E-state index in [0.29, 0.717) is 77.5 Å². The number of piperazine rings is 1. The zero-order valence-electron chi connectivity index (χ0n) is 82.3. The minimum atomic E-state index is -0.799. The lowest BCUT2D eigenvalue weighted by molar-refractivity contribution is 0.0817. The van der Waals surface area contributed by atoms with Crippen molar-refractivity contribution in [1.82, 2.24) is 89.6 Å². The summed E-state index contributed by atoms with van der Waals surface area (Å²) < 4.78 is 153. The summed E-state index contributed by atoms with van der Waals surface area (Å²) in [5.41, 5.74) is 8.52. The number of aryl methyl sites for hydroxylation is 4. The first-order valence-corrected chi connectivity index (χ1v) is 46.2. The van der Waals surface area contributed by atoms with E-state index in [1.165, 1.54) is 84.0 Å². The lowest BCUT2D eigenvalue weighted by Crippen LogP contribution is -2.44. The Morgan fingerprint density at radius 1 is 0.333 bits per heavy atom. The summed E-state index contributed by atoms with van der Waals surface area (Å²) in [7, 11) is 16.1. The second-order valence-corrected chi connectivity index (χ2v) is 35.3. The Labute approximate surface area is 836 Å². The monoisotopic (exact) mass is 2020 g/mol. The average molecular weight is 2020 g/mol. The molecule has 5 amide bonds. The van der Waals surface area contributed by atoms with Crippen molar-refractivity contribution in [3.8, 4) is 46.5 Å². The number of rotatable bonds is 24. The summed E-state index contributed by atoms with van der Waals surface area (Å²) in [6, 6.07) is 39.2. The maximum Gasteiger partial charge on any atom is 0.262 e. The van der Waals surface area contributed by atoms with Gasteiger partial charge in [0.05, 0.1) is 48.5 Å². The molecule has 0 radical (unpaired) electrons. The molecule has 147 heavy (non-hydrogen) atoms. The van der Waals surface area contributed by atoms with Crippen molar-refractivity contribution >= 4 is 136 Å². The van der Waals surface area contributed by atoms with Crippen LogP contribution in [0, 0.1) is 74.2 Å². The zero-order valence-corrected chi connectivity index (χ0v) is 82.3. The number of ether oxygens (including phenoxy) is 6. The molecular weight excluding hydrogens is 1920 g/mol. The Morgan fingerprint density at radius 2 is 0.605 bits per heavy atom. The first kappa shape index (κ1) is 103. The number of morpholine rings is 2. The van der Waals surface area contributed by atoms with Crippen LogP contribution in [0.4, 0.5) is 98.2 Å². The maximum absolute atomic E-state index is 15.3. The summed E-state index contributed by atoms with van der Waals surface area (Å²) in [5.74, 6) is -9.89. The van der Waals surface area contributed by atoms with Gasteiger partial charge in [-0.2, -0.15) is 0 Å². The van der Waals surface area contributed by atoms with E-state index in [0.717, 1.165) is 100 Å². The van der Waals surface area contributed by atoms with Gasteiger partial charge in [0.2, 0.25) is 23.5 Å². The van der Waals surface area contributed by atoms with Crippen LogP contribution in [0.2, 0.25) is 0 Å². The van der Waals surface area contributed by atoms with E-state index in [4.69, 9.17) is 28.4 Å². The molecule has 0 aliphatic carbocycles. The van der Waals surface area contributed by atoms with E-state index < -0.39 is 87.4 Å². The quantitative estimate of drug-likeness (QED) is 0.0254. The van der Waals surface area contributed by atoms with Crippen LogP contribution in [-0.2, 0) is 9.47 Å². The van der Waals surface area contributed by atoms with Crippen LogP contribution in [0.3, 0.4) is 0 Å². The van der Waals surface area contributed by atoms with E-state index in [1.807, 2.05) is 72.8 Å². The predicted molar refractivity (Wildman–Crippen MR) is 540 cm³/mol. The van der Waals surface area contributed by atoms with Gasteiger partial charge in [0, 0.05) is 230 Å². The Morgan fingerprint density at radius 3 is 0.891 bits per heavy atom. The molecule has 8 aromatic heterocycles. The molecule has 3 saturated heterocycles. The number of aromatic amines is 4. The molecule has 8 aromatic carbocycles. The van der Waals surface area contributed by atoms with Gasteiger partial charge < -0.3 is 114 Å². The van der Waals surface area contributed by atoms with Crippen molar-refractivity contribution in [1.29, 1.82) is 0 Å². The molecule has 44 heteroatoms. The molecule has 0 unspecified atom stereocenters. The molecule has 3 aliphatic heterocycles. The fraction of sp³-hybridized carbons (Fsp3) is 0.252. The SMILES string of the molecule is CNC(=O)c1ccc(Nc2ncnc(Oc3cc(F)c4[nH]c(C)cc4c3F)c2C(=O)N(C)C)cc1.Cc1cc2c(F)c(Oc3ncnc(Nc4ccc(N5CCOCC5)cc4)c3C(=O)N(C)C)cc(F)c2[nH]1.Cc1cc2c(F)c(Oc3ncnc(Nc4cccc(N5CCN(C)CC5)c4)c3C(=O)N(C)C)cc(F)c2[nH]1.Cc1cc2c(F)c(Oc3ncnc(Nc4cccc(N5CCOCC5)c4)c3C(=O)N(C)C)cc(F)c2[nH]1. The average Bonchev–Trinajstić information content (AvgIpc) is 1.71. The Balaban J connectivity index is 0.000000140. The molecule has 0 bridgehead atoms. The minimum absolute atomic E-state index is 0.00680. The second kappa shape index (κ2) is 44.7. The van der Waals surface area contributed by atoms with E-state index in [-0.39, 0.29) is 124 Å². The van der Waals surface area contributed by atoms with Crippen LogP contribution in [0.25, 0.3) is 43.6 Å². The number of benzene rings is 8. The summed E-state index contributed by atoms with van der Waals surface area (Å²) in [5, 5.41) is 15.2. The number of carbonyl (C=O) groups excluding carboxylic acids is 5. The molecule has 16 aromatic rings. The molecule has 0 saturated carbocycles. The van der Waals surface area contributed by atoms with E-state index in [1.54, 1.807) is 94.2 Å². The van der Waals surface area contributed by atoms with Crippen molar-refractivity contribution in [2.24, 2.45) is 0 Å². The highest BCUT2D eigenvalue weighted by molar-refractivity contribution is 6.05. The Kier molecular flexibility index (Phi) is 31.2. The number of carbonyl (C=O) groups is 5. The first-order valence-electron chi connectivity index (χ1n) is 46.2. The highest BCUT2D eigenvalue weighted by Crippen LogP contribution is 2.43. The normalized spacial score (nSPS) is 13.1. The van der Waals surface area contributed by atoms with Crippen LogP contribution in [0.1, 0.15) is 74.6 Å². The van der Waals surface area contributed by atoms with Crippen LogP contribution < -0.4 is 60.2 Å². The number of aromatic nitrogens is 12. The molecular formula is C103H103F8N25O11. The van der Waals surface area contributed by atoms with Crippen LogP contribution in [0.15, 0.2) is 171 Å². The number of nitrogens with zero attached hydrogens (tertiary/aromatic N) is 16. The highest BCUT2D eigenvalue weighted by atomic mass is 19.2. The number of likely N-dealkylation sites (N-methyl/N-ethyl adjacent to an activating group) is 1. The van der Waals surface area contributed by atoms with Gasteiger partial charge in [0.25, 0.3) is 29.5 Å². The molecule has 0 atom stereocenters. The largest absolute Gasteiger partial charge is 0.435 e. The fourth-order valence-corrected chi connectivity index (χ4v) is 16.3. The Hall–Kier alpha value is -17.3. The lowest BCUT2D eigenvalue weighted by Gasteiger charge is -2.34. The van der Waals surface area contributed by atoms with Gasteiger partial charge in [-0.05, 0) is 144 Å². The van der Waals surface area contributed by atoms with Gasteiger partial charge in [0.1, 0.15) is 47.6 Å². The van der Waals surface area contributed by atoms with Crippen LogP contribution in [-0.4, -0.2) is 263 Å². The van der Waals surface area contributed by atoms with Gasteiger partial charge >= 0.3 is 0 Å². The second-order valence-electron chi connectivity index (χ2n) is 35.3. The van der Waals surface area contributed by atoms with Crippen molar-refractivity contribution in [2.75, 3.05) is 185 Å². The third-order valence-corrected chi connectivity index (χ3v) is 23.8. The number of hydrogen-bond donors (Lipinski definition) is 9. The Bertz CT molecular complexity index is 7620. The van der Waals surface area contributed by atoms with Crippen LogP contribution >= 0.6 is 0 Å². The molecule has 36 nitrogen and oxygen atoms in total. The third-order valence-electron chi connectivity index (χ3n) is 23.8. The zero-order chi connectivity index (χ0) is 104. The summed E-state index contributed by atoms with van der Waals surface area (Å²) >= 11 is 0. The van der Waals surface area contributed by atoms with Crippen molar-refractivity contribution in [2.45, 2.75) is 27.7 Å². The molecule has 762 valence electrons. The third kappa shape index (κ3) is 23.2. The number of nitrogens with one attached hydrogen (secondary N) is 9. The number of amides is 5. The topological polar surface area (TPSA) is 393 Å². The molecule has 19 rings (SSSR count). The van der Waals surface area contributed by atoms with E-state index >= 15 is 17.6 Å². The maximum atomic E-state index is 15.3. The number of hydrogen-bond acceptors (Lipinski definition) is 27. The van der Waals surface area contributed by atoms with Gasteiger partial charge in [-0.15, -0.1) is 0 Å². The lowest BCUT2D eigenvalue weighted by atomic mass is 10.2. The van der Waals surface area contributed by atoms with Crippen molar-refractivity contribution in [3.63, 3.8) is 0 Å². The van der Waals surface area contributed by atoms with E-state index in [9.17, 15) is 41.5 Å². The minimum Gasteiger partial charge on any atom is -0.435 e.